The van der Waals surface area contributed by atoms with Gasteiger partial charge in [0.1, 0.15) is 0 Å². The molecule has 0 aromatic heterocycles. The van der Waals surface area contributed by atoms with E-state index < -0.39 is 0 Å². The first kappa shape index (κ1) is 17.9. The summed E-state index contributed by atoms with van der Waals surface area (Å²) in [5.74, 6) is 0.531. The Hall–Kier alpha value is -0.0800. The van der Waals surface area contributed by atoms with Gasteiger partial charge >= 0.3 is 0 Å². The number of likely N-dealkylation sites (tertiary alicyclic amines) is 1. The molecule has 0 spiro atoms. The van der Waals surface area contributed by atoms with Crippen LogP contribution in [0.15, 0.2) is 4.99 Å². The molecule has 0 amide bonds. The Kier molecular flexibility index (Phi) is 10.8. The van der Waals surface area contributed by atoms with Crippen LogP contribution in [0.3, 0.4) is 0 Å². The number of piperidine rings is 1. The first-order valence-electron chi connectivity index (χ1n) is 6.54. The lowest BCUT2D eigenvalue weighted by Crippen LogP contribution is -2.42. The van der Waals surface area contributed by atoms with Crippen molar-refractivity contribution in [2.45, 2.75) is 32.2 Å². The minimum atomic E-state index is 0. The molecular formula is C12H27IN4O. The van der Waals surface area contributed by atoms with Crippen LogP contribution >= 0.6 is 24.0 Å². The zero-order valence-corrected chi connectivity index (χ0v) is 13.9. The largest absolute Gasteiger partial charge is 0.383 e. The van der Waals surface area contributed by atoms with Gasteiger partial charge in [0.05, 0.1) is 13.2 Å². The maximum atomic E-state index is 5.78. The molecule has 5 nitrogen and oxygen atoms in total. The second kappa shape index (κ2) is 10.8. The first-order valence-corrected chi connectivity index (χ1v) is 6.54. The van der Waals surface area contributed by atoms with Gasteiger partial charge in [-0.1, -0.05) is 13.3 Å². The Balaban J connectivity index is 0.00000289. The molecule has 1 heterocycles. The summed E-state index contributed by atoms with van der Waals surface area (Å²) in [6, 6.07) is 0.566. The van der Waals surface area contributed by atoms with Crippen molar-refractivity contribution in [1.29, 1.82) is 0 Å². The summed E-state index contributed by atoms with van der Waals surface area (Å²) < 4.78 is 4.94. The smallest absolute Gasteiger partial charge is 0.188 e. The number of ether oxygens (including phenoxy) is 1. The van der Waals surface area contributed by atoms with Crippen molar-refractivity contribution < 1.29 is 4.74 Å². The van der Waals surface area contributed by atoms with Crippen molar-refractivity contribution in [1.82, 2.24) is 10.2 Å². The summed E-state index contributed by atoms with van der Waals surface area (Å²) in [4.78, 5) is 6.90. The molecule has 1 aliphatic rings. The maximum absolute atomic E-state index is 5.78. The van der Waals surface area contributed by atoms with Crippen LogP contribution in [0, 0.1) is 0 Å². The van der Waals surface area contributed by atoms with Crippen molar-refractivity contribution >= 4 is 29.9 Å². The van der Waals surface area contributed by atoms with Crippen LogP contribution in [0.2, 0.25) is 0 Å². The highest BCUT2D eigenvalue weighted by atomic mass is 127. The molecule has 1 rings (SSSR count). The number of nitrogens with zero attached hydrogens (tertiary/aromatic N) is 2. The lowest BCUT2D eigenvalue weighted by Gasteiger charge is -2.33. The summed E-state index contributed by atoms with van der Waals surface area (Å²) in [5.41, 5.74) is 5.78. The number of hydrogen-bond donors (Lipinski definition) is 2. The third-order valence-corrected chi connectivity index (χ3v) is 3.24. The van der Waals surface area contributed by atoms with E-state index in [1.165, 1.54) is 25.8 Å². The minimum absolute atomic E-state index is 0. The Morgan fingerprint density at radius 3 is 2.94 bits per heavy atom. The predicted octanol–water partition coefficient (Wildman–Crippen LogP) is 1.03. The summed E-state index contributed by atoms with van der Waals surface area (Å²) >= 11 is 0. The molecule has 0 aliphatic carbocycles. The van der Waals surface area contributed by atoms with E-state index in [1.54, 1.807) is 7.11 Å². The third kappa shape index (κ3) is 6.75. The molecule has 0 aromatic rings. The summed E-state index contributed by atoms with van der Waals surface area (Å²) in [7, 11) is 1.68. The van der Waals surface area contributed by atoms with Crippen LogP contribution in [0.4, 0.5) is 0 Å². The van der Waals surface area contributed by atoms with Gasteiger partial charge in [-0.05, 0) is 25.9 Å². The summed E-state index contributed by atoms with van der Waals surface area (Å²) in [6.45, 7) is 6.70. The van der Waals surface area contributed by atoms with Gasteiger partial charge in [-0.2, -0.15) is 0 Å². The van der Waals surface area contributed by atoms with Gasteiger partial charge in [-0.15, -0.1) is 24.0 Å². The number of nitrogens with one attached hydrogen (secondary N) is 1. The molecule has 0 radical (unpaired) electrons. The molecular weight excluding hydrogens is 343 g/mol. The van der Waals surface area contributed by atoms with Gasteiger partial charge < -0.3 is 15.8 Å². The molecule has 1 atom stereocenters. The van der Waals surface area contributed by atoms with E-state index in [0.29, 0.717) is 25.2 Å². The van der Waals surface area contributed by atoms with Crippen molar-refractivity contribution in [2.75, 3.05) is 39.9 Å². The van der Waals surface area contributed by atoms with Gasteiger partial charge in [0, 0.05) is 19.7 Å². The Bertz CT molecular complexity index is 238. The number of hydrogen-bond acceptors (Lipinski definition) is 3. The zero-order chi connectivity index (χ0) is 12.5. The molecule has 108 valence electrons. The number of likely N-dealkylation sites (N-methyl/N-ethyl adjacent to an activating group) is 1. The van der Waals surface area contributed by atoms with Crippen molar-refractivity contribution in [3.05, 3.63) is 0 Å². The van der Waals surface area contributed by atoms with Gasteiger partial charge in [-0.3, -0.25) is 9.89 Å². The van der Waals surface area contributed by atoms with Crippen molar-refractivity contribution in [3.63, 3.8) is 0 Å². The van der Waals surface area contributed by atoms with Crippen LogP contribution in [0.5, 0.6) is 0 Å². The maximum Gasteiger partial charge on any atom is 0.188 e. The molecule has 0 saturated carbocycles. The highest BCUT2D eigenvalue weighted by Gasteiger charge is 2.20. The monoisotopic (exact) mass is 370 g/mol. The van der Waals surface area contributed by atoms with E-state index >= 15 is 0 Å². The van der Waals surface area contributed by atoms with Gasteiger partial charge in [-0.25, -0.2) is 0 Å². The van der Waals surface area contributed by atoms with E-state index in [1.807, 2.05) is 0 Å². The molecule has 0 aromatic carbocycles. The number of aliphatic imine (C=N–C) groups is 1. The Morgan fingerprint density at radius 1 is 1.50 bits per heavy atom. The fourth-order valence-electron chi connectivity index (χ4n) is 2.22. The second-order valence-corrected chi connectivity index (χ2v) is 4.42. The summed E-state index contributed by atoms with van der Waals surface area (Å²) in [5, 5.41) is 3.04. The quantitative estimate of drug-likeness (QED) is 0.317. The summed E-state index contributed by atoms with van der Waals surface area (Å²) in [6.07, 6.45) is 3.87. The predicted molar refractivity (Wildman–Crippen MR) is 86.7 cm³/mol. The number of nitrogens with two attached hydrogens (primary N) is 1. The van der Waals surface area contributed by atoms with Crippen molar-refractivity contribution in [3.8, 4) is 0 Å². The SMILES string of the molecule is CCN1CCCCC1CN=C(N)NCCOC.I. The van der Waals surface area contributed by atoms with Gasteiger partial charge in [0.25, 0.3) is 0 Å². The van der Waals surface area contributed by atoms with Crippen LogP contribution in [-0.4, -0.2) is 56.8 Å². The standard InChI is InChI=1S/C12H26N4O.HI/c1-3-16-8-5-4-6-11(16)10-15-12(13)14-7-9-17-2;/h11H,3-10H2,1-2H3,(H3,13,14,15);1H. The fraction of sp³-hybridized carbons (Fsp3) is 0.917. The second-order valence-electron chi connectivity index (χ2n) is 4.42. The molecule has 0 bridgehead atoms. The van der Waals surface area contributed by atoms with Crippen LogP contribution in [0.1, 0.15) is 26.2 Å². The van der Waals surface area contributed by atoms with E-state index in [0.717, 1.165) is 13.1 Å². The first-order chi connectivity index (χ1) is 8.27. The molecule has 1 unspecified atom stereocenters. The van der Waals surface area contributed by atoms with E-state index in [-0.39, 0.29) is 24.0 Å². The average molecular weight is 370 g/mol. The number of halogens is 1. The van der Waals surface area contributed by atoms with Gasteiger partial charge in [0.2, 0.25) is 0 Å². The van der Waals surface area contributed by atoms with E-state index in [4.69, 9.17) is 10.5 Å². The van der Waals surface area contributed by atoms with Gasteiger partial charge in [0.15, 0.2) is 5.96 Å². The number of guanidine groups is 1. The zero-order valence-electron chi connectivity index (χ0n) is 11.5. The third-order valence-electron chi connectivity index (χ3n) is 3.24. The molecule has 3 N–H and O–H groups in total. The lowest BCUT2D eigenvalue weighted by molar-refractivity contribution is 0.161. The highest BCUT2D eigenvalue weighted by Crippen LogP contribution is 2.16. The molecule has 1 aliphatic heterocycles. The Morgan fingerprint density at radius 2 is 2.28 bits per heavy atom. The minimum Gasteiger partial charge on any atom is -0.383 e. The highest BCUT2D eigenvalue weighted by molar-refractivity contribution is 14.0. The lowest BCUT2D eigenvalue weighted by atomic mass is 10.0. The number of methoxy groups -OCH3 is 1. The van der Waals surface area contributed by atoms with Crippen molar-refractivity contribution in [2.24, 2.45) is 10.7 Å². The molecule has 1 fully saturated rings. The topological polar surface area (TPSA) is 62.9 Å². The van der Waals surface area contributed by atoms with Crippen LogP contribution < -0.4 is 11.1 Å². The fourth-order valence-corrected chi connectivity index (χ4v) is 2.22. The van der Waals surface area contributed by atoms with E-state index in [2.05, 4.69) is 22.1 Å². The Labute approximate surface area is 128 Å². The number of rotatable bonds is 6. The molecule has 18 heavy (non-hydrogen) atoms. The molecule has 6 heteroatoms. The van der Waals surface area contributed by atoms with Crippen LogP contribution in [-0.2, 0) is 4.74 Å². The average Bonchev–Trinajstić information content (AvgIpc) is 2.37. The van der Waals surface area contributed by atoms with E-state index in [9.17, 15) is 0 Å². The normalized spacial score (nSPS) is 21.4. The van der Waals surface area contributed by atoms with Crippen LogP contribution in [0.25, 0.3) is 0 Å². The molecule has 1 saturated heterocycles.